The van der Waals surface area contributed by atoms with Crippen LogP contribution in [0.4, 0.5) is 11.4 Å². The number of hydrogen-bond acceptors (Lipinski definition) is 5. The summed E-state index contributed by atoms with van der Waals surface area (Å²) < 4.78 is 1.15. The van der Waals surface area contributed by atoms with Gasteiger partial charge in [-0.15, -0.1) is 0 Å². The van der Waals surface area contributed by atoms with Crippen molar-refractivity contribution in [2.45, 2.75) is 20.8 Å². The number of fused-ring (bicyclic) bond motifs is 1. The molecular weight excluding hydrogens is 483 g/mol. The Morgan fingerprint density at radius 1 is 0.848 bits per heavy atom. The Bertz CT molecular complexity index is 1450. The van der Waals surface area contributed by atoms with Crippen LogP contribution in [0.2, 0.25) is 10.0 Å². The highest BCUT2D eigenvalue weighted by atomic mass is 35.5. The van der Waals surface area contributed by atoms with Crippen LogP contribution in [-0.4, -0.2) is 21.2 Å². The molecule has 4 aromatic rings. The Balaban J connectivity index is 1.81. The van der Waals surface area contributed by atoms with E-state index in [1.165, 1.54) is 24.3 Å². The lowest BCUT2D eigenvalue weighted by Crippen LogP contribution is -2.25. The highest BCUT2D eigenvalue weighted by molar-refractivity contribution is 7.19. The molecule has 0 aliphatic carbocycles. The smallest absolute Gasteiger partial charge is 0.274 e. The van der Waals surface area contributed by atoms with Gasteiger partial charge in [0.25, 0.3) is 17.4 Å². The van der Waals surface area contributed by atoms with Gasteiger partial charge < -0.3 is 10.6 Å². The van der Waals surface area contributed by atoms with Crippen molar-refractivity contribution in [3.05, 3.63) is 90.3 Å². The quantitative estimate of drug-likeness (QED) is 0.387. The second kappa shape index (κ2) is 8.97. The van der Waals surface area contributed by atoms with Gasteiger partial charge in [0.1, 0.15) is 10.6 Å². The van der Waals surface area contributed by atoms with Gasteiger partial charge in [-0.25, -0.2) is 9.38 Å². The second-order valence-corrected chi connectivity index (χ2v) is 9.43. The highest BCUT2D eigenvalue weighted by Crippen LogP contribution is 2.27. The van der Waals surface area contributed by atoms with Crippen molar-refractivity contribution >= 4 is 62.7 Å². The number of carbonyl (C=O) groups is 2. The fourth-order valence-electron chi connectivity index (χ4n) is 3.50. The summed E-state index contributed by atoms with van der Waals surface area (Å²) in [7, 11) is 0. The van der Waals surface area contributed by atoms with Crippen LogP contribution in [0, 0.1) is 20.8 Å². The zero-order valence-corrected chi connectivity index (χ0v) is 20.2. The Kier molecular flexibility index (Phi) is 6.25. The van der Waals surface area contributed by atoms with Crippen LogP contribution in [-0.2, 0) is 0 Å². The molecule has 2 aromatic heterocycles. The molecule has 10 heteroatoms. The third kappa shape index (κ3) is 4.93. The Morgan fingerprint density at radius 2 is 1.42 bits per heavy atom. The first-order valence-electron chi connectivity index (χ1n) is 9.81. The van der Waals surface area contributed by atoms with Crippen LogP contribution in [0.15, 0.2) is 47.3 Å². The number of nitrogens with zero attached hydrogens (tertiary/aromatic N) is 2. The fourth-order valence-corrected chi connectivity index (χ4v) is 5.09. The molecule has 2 N–H and O–H groups in total. The lowest BCUT2D eigenvalue weighted by molar-refractivity contribution is 0.0989. The number of anilines is 2. The minimum Gasteiger partial charge on any atom is -0.321 e. The summed E-state index contributed by atoms with van der Waals surface area (Å²) in [6, 6.07) is 11.5. The van der Waals surface area contributed by atoms with Gasteiger partial charge in [-0.1, -0.05) is 40.6 Å². The van der Waals surface area contributed by atoms with Crippen molar-refractivity contribution in [3.63, 3.8) is 0 Å². The van der Waals surface area contributed by atoms with Crippen LogP contribution in [0.25, 0.3) is 4.96 Å². The van der Waals surface area contributed by atoms with Crippen LogP contribution < -0.4 is 16.2 Å². The van der Waals surface area contributed by atoms with E-state index in [1.807, 2.05) is 19.9 Å². The molecule has 0 aliphatic rings. The third-order valence-corrected chi connectivity index (χ3v) is 6.15. The molecule has 2 aromatic carbocycles. The summed E-state index contributed by atoms with van der Waals surface area (Å²) >= 11 is 13.0. The molecule has 0 spiro atoms. The lowest BCUT2D eigenvalue weighted by atomic mass is 10.1. The van der Waals surface area contributed by atoms with Crippen molar-refractivity contribution < 1.29 is 9.59 Å². The summed E-state index contributed by atoms with van der Waals surface area (Å²) in [5, 5.41) is 6.17. The van der Waals surface area contributed by atoms with E-state index < -0.39 is 17.4 Å². The fraction of sp³-hybridized carbons (Fsp3) is 0.130. The molecule has 4 rings (SSSR count). The van der Waals surface area contributed by atoms with Crippen molar-refractivity contribution in [3.8, 4) is 0 Å². The molecule has 0 unspecified atom stereocenters. The zero-order valence-electron chi connectivity index (χ0n) is 17.8. The number of aromatic nitrogens is 2. The van der Waals surface area contributed by atoms with E-state index in [9.17, 15) is 14.4 Å². The molecule has 2 amide bonds. The molecule has 0 aliphatic heterocycles. The van der Waals surface area contributed by atoms with E-state index in [-0.39, 0.29) is 15.5 Å². The predicted molar refractivity (Wildman–Crippen MR) is 132 cm³/mol. The zero-order chi connectivity index (χ0) is 23.9. The van der Waals surface area contributed by atoms with Crippen LogP contribution in [0.1, 0.15) is 37.0 Å². The molecule has 168 valence electrons. The van der Waals surface area contributed by atoms with E-state index in [0.29, 0.717) is 27.1 Å². The third-order valence-electron chi connectivity index (χ3n) is 4.67. The molecule has 0 saturated carbocycles. The molecule has 0 atom stereocenters. The number of rotatable bonds is 4. The number of nitrogens with one attached hydrogen (secondary N) is 2. The standard InChI is InChI=1S/C23H18Cl2N4O3S/c1-11-4-12(2)6-16(5-11)27-21(31)19-20(33-23-26-13(3)7-18(30)29(19)23)22(32)28-17-9-14(24)8-15(25)10-17/h4-10H,1-3H3,(H,27,31)(H,28,32). The van der Waals surface area contributed by atoms with Gasteiger partial charge in [-0.2, -0.15) is 0 Å². The number of aryl methyl sites for hydroxylation is 3. The average molecular weight is 501 g/mol. The number of hydrogen-bond donors (Lipinski definition) is 2. The normalized spacial score (nSPS) is 10.9. The SMILES string of the molecule is Cc1cc(C)cc(NC(=O)c2c(C(=O)Nc3cc(Cl)cc(Cl)c3)sc3nc(C)cc(=O)n23)c1. The first kappa shape index (κ1) is 23.0. The Labute approximate surface area is 203 Å². The van der Waals surface area contributed by atoms with Gasteiger partial charge >= 0.3 is 0 Å². The van der Waals surface area contributed by atoms with Crippen LogP contribution in [0.5, 0.6) is 0 Å². The van der Waals surface area contributed by atoms with Gasteiger partial charge in [-0.05, 0) is 62.2 Å². The molecule has 2 heterocycles. The number of carbonyl (C=O) groups excluding carboxylic acids is 2. The molecular formula is C23H18Cl2N4O3S. The first-order valence-corrected chi connectivity index (χ1v) is 11.4. The summed E-state index contributed by atoms with van der Waals surface area (Å²) in [4.78, 5) is 43.9. The minimum absolute atomic E-state index is 0.0307. The average Bonchev–Trinajstić information content (AvgIpc) is 3.06. The van der Waals surface area contributed by atoms with Crippen molar-refractivity contribution in [2.75, 3.05) is 10.6 Å². The molecule has 0 radical (unpaired) electrons. The van der Waals surface area contributed by atoms with E-state index >= 15 is 0 Å². The molecule has 33 heavy (non-hydrogen) atoms. The van der Waals surface area contributed by atoms with Gasteiger partial charge in [0.15, 0.2) is 4.96 Å². The summed E-state index contributed by atoms with van der Waals surface area (Å²) in [6.45, 7) is 5.49. The summed E-state index contributed by atoms with van der Waals surface area (Å²) in [5.41, 5.74) is 2.76. The number of thiazole rings is 1. The lowest BCUT2D eigenvalue weighted by Gasteiger charge is -2.10. The maximum atomic E-state index is 13.3. The molecule has 0 bridgehead atoms. The summed E-state index contributed by atoms with van der Waals surface area (Å²) in [5.74, 6) is -1.19. The largest absolute Gasteiger partial charge is 0.321 e. The number of amides is 2. The first-order chi connectivity index (χ1) is 15.6. The number of benzene rings is 2. The Hall–Kier alpha value is -3.20. The van der Waals surface area contributed by atoms with E-state index in [0.717, 1.165) is 26.9 Å². The van der Waals surface area contributed by atoms with Gasteiger partial charge in [-0.3, -0.25) is 14.4 Å². The summed E-state index contributed by atoms with van der Waals surface area (Å²) in [6.07, 6.45) is 0. The van der Waals surface area contributed by atoms with Crippen molar-refractivity contribution in [1.29, 1.82) is 0 Å². The maximum Gasteiger partial charge on any atom is 0.274 e. The Morgan fingerprint density at radius 3 is 2.06 bits per heavy atom. The second-order valence-electron chi connectivity index (χ2n) is 7.58. The minimum atomic E-state index is -0.603. The van der Waals surface area contributed by atoms with E-state index in [4.69, 9.17) is 23.2 Å². The molecule has 7 nitrogen and oxygen atoms in total. The maximum absolute atomic E-state index is 13.3. The van der Waals surface area contributed by atoms with Crippen molar-refractivity contribution in [2.24, 2.45) is 0 Å². The monoisotopic (exact) mass is 500 g/mol. The van der Waals surface area contributed by atoms with Crippen molar-refractivity contribution in [1.82, 2.24) is 9.38 Å². The highest BCUT2D eigenvalue weighted by Gasteiger charge is 2.26. The number of halogens is 2. The predicted octanol–water partition coefficient (Wildman–Crippen LogP) is 5.49. The van der Waals surface area contributed by atoms with Crippen LogP contribution in [0.3, 0.4) is 0 Å². The van der Waals surface area contributed by atoms with Crippen LogP contribution >= 0.6 is 34.5 Å². The van der Waals surface area contributed by atoms with Gasteiger partial charge in [0.05, 0.1) is 0 Å². The molecule has 0 saturated heterocycles. The van der Waals surface area contributed by atoms with E-state index in [2.05, 4.69) is 15.6 Å². The molecule has 0 fully saturated rings. The van der Waals surface area contributed by atoms with E-state index in [1.54, 1.807) is 19.1 Å². The van der Waals surface area contributed by atoms with Gasteiger partial charge in [0, 0.05) is 33.2 Å². The van der Waals surface area contributed by atoms with Gasteiger partial charge in [0.2, 0.25) is 0 Å². The topological polar surface area (TPSA) is 92.6 Å².